The molecule has 2 aliphatic heterocycles. The first kappa shape index (κ1) is 24.4. The zero-order chi connectivity index (χ0) is 23.5. The number of rotatable bonds is 5. The number of hydrogen-bond acceptors (Lipinski definition) is 7. The van der Waals surface area contributed by atoms with Gasteiger partial charge in [0.25, 0.3) is 0 Å². The Morgan fingerprint density at radius 3 is 2.22 bits per heavy atom. The summed E-state index contributed by atoms with van der Waals surface area (Å²) in [6.07, 6.45) is 1.39. The van der Waals surface area contributed by atoms with Gasteiger partial charge in [0.05, 0.1) is 13.2 Å². The maximum atomic E-state index is 12.7. The Balaban J connectivity index is 1.56. The van der Waals surface area contributed by atoms with Crippen molar-refractivity contribution in [3.63, 3.8) is 0 Å². The van der Waals surface area contributed by atoms with Crippen LogP contribution < -0.4 is 10.2 Å². The van der Waals surface area contributed by atoms with Gasteiger partial charge in [0.2, 0.25) is 21.8 Å². The molecule has 3 heterocycles. The van der Waals surface area contributed by atoms with E-state index in [1.54, 1.807) is 24.0 Å². The number of carbonyl (C=O) groups excluding carboxylic acids is 2. The fraction of sp³-hybridized carbons (Fsp3) is 0.667. The minimum absolute atomic E-state index is 0.109. The molecule has 2 amide bonds. The van der Waals surface area contributed by atoms with Crippen LogP contribution in [0, 0.1) is 5.41 Å². The summed E-state index contributed by atoms with van der Waals surface area (Å²) in [7, 11) is -3.57. The maximum absolute atomic E-state index is 12.7. The lowest BCUT2D eigenvalue weighted by molar-refractivity contribution is -0.138. The zero-order valence-electron chi connectivity index (χ0n) is 19.2. The molecule has 0 bridgehead atoms. The van der Waals surface area contributed by atoms with Crippen molar-refractivity contribution in [2.45, 2.75) is 38.6 Å². The van der Waals surface area contributed by atoms with Gasteiger partial charge in [-0.2, -0.15) is 4.31 Å². The van der Waals surface area contributed by atoms with Crippen LogP contribution in [-0.4, -0.2) is 92.9 Å². The van der Waals surface area contributed by atoms with Crippen molar-refractivity contribution in [1.29, 1.82) is 0 Å². The smallest absolute Gasteiger partial charge is 0.244 e. The summed E-state index contributed by atoms with van der Waals surface area (Å²) in [5.74, 6) is 0.405. The van der Waals surface area contributed by atoms with Crippen molar-refractivity contribution < 1.29 is 22.7 Å². The predicted molar refractivity (Wildman–Crippen MR) is 120 cm³/mol. The molecule has 2 fully saturated rings. The molecule has 2 aliphatic rings. The molecule has 0 radical (unpaired) electrons. The van der Waals surface area contributed by atoms with Crippen LogP contribution in [-0.2, 0) is 24.3 Å². The molecule has 1 atom stereocenters. The van der Waals surface area contributed by atoms with E-state index in [9.17, 15) is 18.0 Å². The molecule has 1 N–H and O–H groups in total. The van der Waals surface area contributed by atoms with Crippen molar-refractivity contribution in [3.05, 3.63) is 18.3 Å². The average molecular weight is 468 g/mol. The van der Waals surface area contributed by atoms with Crippen molar-refractivity contribution in [2.75, 3.05) is 57.4 Å². The second-order valence-corrected chi connectivity index (χ2v) is 11.1. The lowest BCUT2D eigenvalue weighted by Gasteiger charge is -2.37. The summed E-state index contributed by atoms with van der Waals surface area (Å²) in [5.41, 5.74) is -0.555. The topological polar surface area (TPSA) is 112 Å². The Kier molecular flexibility index (Phi) is 7.41. The molecule has 11 heteroatoms. The summed E-state index contributed by atoms with van der Waals surface area (Å²) in [6.45, 7) is 10.8. The van der Waals surface area contributed by atoms with Crippen molar-refractivity contribution in [1.82, 2.24) is 19.5 Å². The number of amides is 2. The molecule has 0 spiro atoms. The molecule has 0 unspecified atom stereocenters. The molecule has 1 aromatic rings. The van der Waals surface area contributed by atoms with Gasteiger partial charge in [-0.15, -0.1) is 0 Å². The van der Waals surface area contributed by atoms with Crippen LogP contribution in [0.3, 0.4) is 0 Å². The highest BCUT2D eigenvalue weighted by Gasteiger charge is 2.30. The van der Waals surface area contributed by atoms with Gasteiger partial charge in [0, 0.05) is 50.9 Å². The molecule has 0 aliphatic carbocycles. The lowest BCUT2D eigenvalue weighted by atomic mass is 9.95. The summed E-state index contributed by atoms with van der Waals surface area (Å²) >= 11 is 0. The first-order valence-electron chi connectivity index (χ1n) is 10.9. The van der Waals surface area contributed by atoms with E-state index in [1.165, 1.54) is 10.5 Å². The Morgan fingerprint density at radius 1 is 1.06 bits per heavy atom. The van der Waals surface area contributed by atoms with Gasteiger partial charge in [-0.25, -0.2) is 13.4 Å². The molecule has 1 aromatic heterocycles. The largest absolute Gasteiger partial charge is 0.379 e. The van der Waals surface area contributed by atoms with Gasteiger partial charge >= 0.3 is 0 Å². The number of nitrogens with one attached hydrogen (secondary N) is 1. The highest BCUT2D eigenvalue weighted by Crippen LogP contribution is 2.20. The minimum atomic E-state index is -3.57. The van der Waals surface area contributed by atoms with Gasteiger partial charge in [-0.3, -0.25) is 9.59 Å². The van der Waals surface area contributed by atoms with E-state index >= 15 is 0 Å². The molecule has 3 rings (SSSR count). The normalized spacial score (nSPS) is 19.5. The third-order valence-corrected chi connectivity index (χ3v) is 7.53. The SMILES string of the molecule is C[C@H](NC(=O)C(C)(C)C)C(=O)N1CCN(c2ccc(S(=O)(=O)N3CCOCC3)cn2)CC1. The summed E-state index contributed by atoms with van der Waals surface area (Å²) < 4.78 is 32.1. The van der Waals surface area contributed by atoms with Gasteiger partial charge in [0.1, 0.15) is 16.8 Å². The number of morpholine rings is 1. The summed E-state index contributed by atoms with van der Waals surface area (Å²) in [5, 5.41) is 2.78. The van der Waals surface area contributed by atoms with E-state index in [-0.39, 0.29) is 16.7 Å². The summed E-state index contributed by atoms with van der Waals surface area (Å²) in [6, 6.07) is 2.70. The van der Waals surface area contributed by atoms with Crippen LogP contribution in [0.1, 0.15) is 27.7 Å². The Morgan fingerprint density at radius 2 is 1.69 bits per heavy atom. The number of piperazine rings is 1. The molecule has 0 saturated carbocycles. The van der Waals surface area contributed by atoms with E-state index in [4.69, 9.17) is 4.74 Å². The Hall–Kier alpha value is -2.24. The van der Waals surface area contributed by atoms with Crippen LogP contribution in [0.5, 0.6) is 0 Å². The molecule has 2 saturated heterocycles. The standard InChI is InChI=1S/C21H33N5O5S/c1-16(23-20(28)21(2,3)4)19(27)25-9-7-24(8-10-25)18-6-5-17(15-22-18)32(29,30)26-11-13-31-14-12-26/h5-6,15-16H,7-14H2,1-4H3,(H,23,28)/t16-/m0/s1. The predicted octanol–water partition coefficient (Wildman–Crippen LogP) is 0.302. The Bertz CT molecular complexity index is 915. The van der Waals surface area contributed by atoms with Gasteiger partial charge in [-0.05, 0) is 19.1 Å². The van der Waals surface area contributed by atoms with E-state index in [0.717, 1.165) is 0 Å². The highest BCUT2D eigenvalue weighted by molar-refractivity contribution is 7.89. The Labute approximate surface area is 190 Å². The second-order valence-electron chi connectivity index (χ2n) is 9.13. The number of hydrogen-bond donors (Lipinski definition) is 1. The third kappa shape index (κ3) is 5.57. The zero-order valence-corrected chi connectivity index (χ0v) is 20.0. The number of ether oxygens (including phenoxy) is 1. The fourth-order valence-electron chi connectivity index (χ4n) is 3.55. The van der Waals surface area contributed by atoms with E-state index in [1.807, 2.05) is 25.7 Å². The molecular formula is C21H33N5O5S. The highest BCUT2D eigenvalue weighted by atomic mass is 32.2. The molecule has 0 aromatic carbocycles. The lowest BCUT2D eigenvalue weighted by Crippen LogP contribution is -2.55. The van der Waals surface area contributed by atoms with Crippen molar-refractivity contribution in [3.8, 4) is 0 Å². The molecule has 10 nitrogen and oxygen atoms in total. The van der Waals surface area contributed by atoms with Crippen LogP contribution >= 0.6 is 0 Å². The number of pyridine rings is 1. The summed E-state index contributed by atoms with van der Waals surface area (Å²) in [4.78, 5) is 33.1. The average Bonchev–Trinajstić information content (AvgIpc) is 2.78. The monoisotopic (exact) mass is 467 g/mol. The number of anilines is 1. The number of aromatic nitrogens is 1. The van der Waals surface area contributed by atoms with Crippen LogP contribution in [0.4, 0.5) is 5.82 Å². The fourth-order valence-corrected chi connectivity index (χ4v) is 4.91. The molecule has 178 valence electrons. The van der Waals surface area contributed by atoms with E-state index in [0.29, 0.717) is 58.3 Å². The number of sulfonamides is 1. The van der Waals surface area contributed by atoms with E-state index < -0.39 is 21.5 Å². The quantitative estimate of drug-likeness (QED) is 0.663. The van der Waals surface area contributed by atoms with Gasteiger partial charge < -0.3 is 19.9 Å². The first-order chi connectivity index (χ1) is 15.0. The maximum Gasteiger partial charge on any atom is 0.244 e. The molecular weight excluding hydrogens is 434 g/mol. The van der Waals surface area contributed by atoms with Crippen LogP contribution in [0.25, 0.3) is 0 Å². The van der Waals surface area contributed by atoms with Crippen molar-refractivity contribution in [2.24, 2.45) is 5.41 Å². The van der Waals surface area contributed by atoms with Crippen molar-refractivity contribution >= 4 is 27.7 Å². The number of carbonyl (C=O) groups is 2. The van der Waals surface area contributed by atoms with Crippen LogP contribution in [0.15, 0.2) is 23.2 Å². The minimum Gasteiger partial charge on any atom is -0.379 e. The second kappa shape index (κ2) is 9.72. The third-order valence-electron chi connectivity index (χ3n) is 5.64. The number of nitrogens with zero attached hydrogens (tertiary/aromatic N) is 4. The van der Waals surface area contributed by atoms with E-state index in [2.05, 4.69) is 10.3 Å². The van der Waals surface area contributed by atoms with Gasteiger partial charge in [-0.1, -0.05) is 20.8 Å². The first-order valence-corrected chi connectivity index (χ1v) is 12.3. The van der Waals surface area contributed by atoms with Gasteiger partial charge in [0.15, 0.2) is 0 Å². The van der Waals surface area contributed by atoms with Crippen LogP contribution in [0.2, 0.25) is 0 Å². The molecule has 32 heavy (non-hydrogen) atoms.